The van der Waals surface area contributed by atoms with E-state index in [0.29, 0.717) is 18.3 Å². The Morgan fingerprint density at radius 2 is 2.05 bits per heavy atom. The minimum atomic E-state index is -0.213. The standard InChI is InChI=1S/C12H14N6O.2ClH/c19-12(15-5-9-1-3-13-4-2-9)11-8-18(17-16-11)10-6-14-7-10;;/h1-4,8,10,14H,5-7H2,(H,15,19);2*1H. The third kappa shape index (κ3) is 4.13. The van der Waals surface area contributed by atoms with Crippen molar-refractivity contribution in [2.24, 2.45) is 0 Å². The number of nitrogens with zero attached hydrogens (tertiary/aromatic N) is 4. The van der Waals surface area contributed by atoms with Gasteiger partial charge in [0.25, 0.3) is 5.91 Å². The van der Waals surface area contributed by atoms with Crippen molar-refractivity contribution in [3.8, 4) is 0 Å². The molecular weight excluding hydrogens is 315 g/mol. The van der Waals surface area contributed by atoms with Gasteiger partial charge in [-0.05, 0) is 17.7 Å². The predicted molar refractivity (Wildman–Crippen MR) is 81.8 cm³/mol. The van der Waals surface area contributed by atoms with Gasteiger partial charge < -0.3 is 10.6 Å². The molecule has 2 N–H and O–H groups in total. The molecule has 0 radical (unpaired) electrons. The van der Waals surface area contributed by atoms with E-state index in [9.17, 15) is 4.79 Å². The lowest BCUT2D eigenvalue weighted by Gasteiger charge is -2.26. The Labute approximate surface area is 134 Å². The highest BCUT2D eigenvalue weighted by Crippen LogP contribution is 2.09. The van der Waals surface area contributed by atoms with Gasteiger partial charge in [0.05, 0.1) is 12.2 Å². The average Bonchev–Trinajstić information content (AvgIpc) is 2.84. The van der Waals surface area contributed by atoms with E-state index in [2.05, 4.69) is 25.9 Å². The quantitative estimate of drug-likeness (QED) is 0.857. The third-order valence-electron chi connectivity index (χ3n) is 3.08. The molecule has 1 amide bonds. The van der Waals surface area contributed by atoms with Gasteiger partial charge in [0.15, 0.2) is 5.69 Å². The molecule has 0 aliphatic carbocycles. The van der Waals surface area contributed by atoms with Gasteiger partial charge in [-0.1, -0.05) is 5.21 Å². The monoisotopic (exact) mass is 330 g/mol. The van der Waals surface area contributed by atoms with Crippen molar-refractivity contribution >= 4 is 30.7 Å². The molecule has 9 heteroatoms. The van der Waals surface area contributed by atoms with Crippen LogP contribution in [0.5, 0.6) is 0 Å². The maximum Gasteiger partial charge on any atom is 0.273 e. The summed E-state index contributed by atoms with van der Waals surface area (Å²) in [5.74, 6) is -0.213. The first-order chi connectivity index (χ1) is 9.33. The maximum absolute atomic E-state index is 11.9. The van der Waals surface area contributed by atoms with Gasteiger partial charge in [-0.2, -0.15) is 0 Å². The largest absolute Gasteiger partial charge is 0.347 e. The topological polar surface area (TPSA) is 84.7 Å². The van der Waals surface area contributed by atoms with Crippen molar-refractivity contribution in [1.82, 2.24) is 30.6 Å². The Morgan fingerprint density at radius 3 is 2.67 bits per heavy atom. The molecule has 1 aliphatic heterocycles. The van der Waals surface area contributed by atoms with E-state index in [1.807, 2.05) is 12.1 Å². The van der Waals surface area contributed by atoms with Crippen LogP contribution in [0.3, 0.4) is 0 Å². The number of hydrogen-bond donors (Lipinski definition) is 2. The summed E-state index contributed by atoms with van der Waals surface area (Å²) in [6.07, 6.45) is 5.08. The van der Waals surface area contributed by atoms with Crippen LogP contribution in [0.2, 0.25) is 0 Å². The predicted octanol–water partition coefficient (Wildman–Crippen LogP) is 0.591. The number of halogens is 2. The molecule has 0 saturated carbocycles. The summed E-state index contributed by atoms with van der Waals surface area (Å²) < 4.78 is 1.73. The second kappa shape index (κ2) is 7.92. The number of carbonyl (C=O) groups excluding carboxylic acids is 1. The summed E-state index contributed by atoms with van der Waals surface area (Å²) >= 11 is 0. The molecule has 3 heterocycles. The van der Waals surface area contributed by atoms with Crippen molar-refractivity contribution in [3.63, 3.8) is 0 Å². The number of carbonyl (C=O) groups is 1. The lowest BCUT2D eigenvalue weighted by molar-refractivity contribution is 0.0946. The van der Waals surface area contributed by atoms with Crippen LogP contribution in [0.25, 0.3) is 0 Å². The minimum absolute atomic E-state index is 0. The molecule has 1 saturated heterocycles. The number of rotatable bonds is 4. The van der Waals surface area contributed by atoms with E-state index in [1.165, 1.54) is 0 Å². The van der Waals surface area contributed by atoms with Gasteiger partial charge in [0, 0.05) is 32.0 Å². The van der Waals surface area contributed by atoms with E-state index in [0.717, 1.165) is 18.7 Å². The summed E-state index contributed by atoms with van der Waals surface area (Å²) in [5, 5.41) is 13.8. The van der Waals surface area contributed by atoms with Crippen molar-refractivity contribution in [3.05, 3.63) is 42.0 Å². The van der Waals surface area contributed by atoms with Crippen molar-refractivity contribution in [2.45, 2.75) is 12.6 Å². The van der Waals surface area contributed by atoms with Gasteiger partial charge in [-0.25, -0.2) is 4.68 Å². The summed E-state index contributed by atoms with van der Waals surface area (Å²) in [4.78, 5) is 15.8. The van der Waals surface area contributed by atoms with Gasteiger partial charge in [0.2, 0.25) is 0 Å². The Morgan fingerprint density at radius 1 is 1.33 bits per heavy atom. The second-order valence-corrected chi connectivity index (χ2v) is 4.43. The molecule has 0 atom stereocenters. The Hall–Kier alpha value is -1.70. The fraction of sp³-hybridized carbons (Fsp3) is 0.333. The zero-order valence-electron chi connectivity index (χ0n) is 11.1. The van der Waals surface area contributed by atoms with Gasteiger partial charge in [-0.15, -0.1) is 29.9 Å². The Kier molecular flexibility index (Phi) is 6.54. The molecule has 2 aromatic heterocycles. The normalized spacial score (nSPS) is 13.5. The molecule has 1 fully saturated rings. The highest BCUT2D eigenvalue weighted by atomic mass is 35.5. The average molecular weight is 331 g/mol. The van der Waals surface area contributed by atoms with Crippen LogP contribution in [-0.2, 0) is 6.54 Å². The number of hydrogen-bond acceptors (Lipinski definition) is 5. The SMILES string of the molecule is Cl.Cl.O=C(NCc1ccncc1)c1cn(C2CNC2)nn1. The van der Waals surface area contributed by atoms with Gasteiger partial charge >= 0.3 is 0 Å². The van der Waals surface area contributed by atoms with E-state index in [-0.39, 0.29) is 30.7 Å². The first kappa shape index (κ1) is 17.4. The molecule has 0 aromatic carbocycles. The van der Waals surface area contributed by atoms with Gasteiger partial charge in [-0.3, -0.25) is 9.78 Å². The van der Waals surface area contributed by atoms with Crippen LogP contribution in [0, 0.1) is 0 Å². The zero-order chi connectivity index (χ0) is 13.1. The molecule has 2 aromatic rings. The third-order valence-corrected chi connectivity index (χ3v) is 3.08. The van der Waals surface area contributed by atoms with Crippen LogP contribution < -0.4 is 10.6 Å². The summed E-state index contributed by atoms with van der Waals surface area (Å²) in [5.41, 5.74) is 1.35. The van der Waals surface area contributed by atoms with Crippen LogP contribution in [0.15, 0.2) is 30.7 Å². The molecule has 114 valence electrons. The molecule has 0 spiro atoms. The highest BCUT2D eigenvalue weighted by Gasteiger charge is 2.21. The van der Waals surface area contributed by atoms with Crippen molar-refractivity contribution in [1.29, 1.82) is 0 Å². The Balaban J connectivity index is 0.00000110. The molecule has 1 aliphatic rings. The maximum atomic E-state index is 11.9. The van der Waals surface area contributed by atoms with E-state index in [4.69, 9.17) is 0 Å². The van der Waals surface area contributed by atoms with Crippen LogP contribution >= 0.6 is 24.8 Å². The van der Waals surface area contributed by atoms with E-state index < -0.39 is 0 Å². The summed E-state index contributed by atoms with van der Waals surface area (Å²) in [6, 6.07) is 4.03. The lowest BCUT2D eigenvalue weighted by Crippen LogP contribution is -2.43. The molecule has 0 unspecified atom stereocenters. The molecular formula is C12H16Cl2N6O. The van der Waals surface area contributed by atoms with E-state index >= 15 is 0 Å². The van der Waals surface area contributed by atoms with Crippen LogP contribution in [0.1, 0.15) is 22.1 Å². The first-order valence-electron chi connectivity index (χ1n) is 6.12. The molecule has 7 nitrogen and oxygen atoms in total. The molecule has 21 heavy (non-hydrogen) atoms. The highest BCUT2D eigenvalue weighted by molar-refractivity contribution is 5.91. The summed E-state index contributed by atoms with van der Waals surface area (Å²) in [7, 11) is 0. The molecule has 3 rings (SSSR count). The number of nitrogens with one attached hydrogen (secondary N) is 2. The fourth-order valence-corrected chi connectivity index (χ4v) is 1.79. The fourth-order valence-electron chi connectivity index (χ4n) is 1.79. The number of pyridine rings is 1. The van der Waals surface area contributed by atoms with Crippen molar-refractivity contribution in [2.75, 3.05) is 13.1 Å². The van der Waals surface area contributed by atoms with Crippen LogP contribution in [0.4, 0.5) is 0 Å². The number of aromatic nitrogens is 4. The summed E-state index contributed by atoms with van der Waals surface area (Å²) in [6.45, 7) is 2.21. The Bertz CT molecular complexity index is 572. The van der Waals surface area contributed by atoms with E-state index in [1.54, 1.807) is 23.3 Å². The number of amides is 1. The first-order valence-corrected chi connectivity index (χ1v) is 6.12. The minimum Gasteiger partial charge on any atom is -0.347 e. The lowest BCUT2D eigenvalue weighted by atomic mass is 10.2. The smallest absolute Gasteiger partial charge is 0.273 e. The molecule has 0 bridgehead atoms. The van der Waals surface area contributed by atoms with Crippen LogP contribution in [-0.4, -0.2) is 39.0 Å². The second-order valence-electron chi connectivity index (χ2n) is 4.43. The van der Waals surface area contributed by atoms with Gasteiger partial charge in [0.1, 0.15) is 0 Å². The zero-order valence-corrected chi connectivity index (χ0v) is 12.7. The van der Waals surface area contributed by atoms with Crippen molar-refractivity contribution < 1.29 is 4.79 Å².